The molecule has 0 atom stereocenters. The molecule has 0 bridgehead atoms. The number of aromatic nitrogens is 1. The molecule has 0 saturated heterocycles. The first-order valence-corrected chi connectivity index (χ1v) is 8.50. The quantitative estimate of drug-likeness (QED) is 0.540. The summed E-state index contributed by atoms with van der Waals surface area (Å²) in [6.45, 7) is 2.92. The molecular formula is C21H20N2O2. The molecule has 126 valence electrons. The fourth-order valence-corrected chi connectivity index (χ4v) is 2.55. The fourth-order valence-electron chi connectivity index (χ4n) is 2.55. The number of rotatable bonds is 7. The van der Waals surface area contributed by atoms with Crippen LogP contribution < -0.4 is 4.74 Å². The molecule has 25 heavy (non-hydrogen) atoms. The van der Waals surface area contributed by atoms with E-state index in [1.807, 2.05) is 42.5 Å². The largest absolute Gasteiger partial charge is 0.494 e. The molecule has 0 aliphatic rings. The minimum absolute atomic E-state index is 0.597. The Bertz CT molecular complexity index is 860. The van der Waals surface area contributed by atoms with Crippen molar-refractivity contribution in [3.8, 4) is 34.4 Å². The van der Waals surface area contributed by atoms with Crippen molar-refractivity contribution in [1.82, 2.24) is 5.16 Å². The van der Waals surface area contributed by atoms with Gasteiger partial charge in [-0.25, -0.2) is 0 Å². The van der Waals surface area contributed by atoms with Crippen molar-refractivity contribution in [1.29, 1.82) is 5.26 Å². The molecule has 0 saturated carbocycles. The van der Waals surface area contributed by atoms with Crippen LogP contribution in [-0.2, 0) is 0 Å². The summed E-state index contributed by atoms with van der Waals surface area (Å²) in [5, 5.41) is 13.1. The van der Waals surface area contributed by atoms with E-state index in [9.17, 15) is 0 Å². The second kappa shape index (κ2) is 8.16. The van der Waals surface area contributed by atoms with Gasteiger partial charge in [-0.15, -0.1) is 0 Å². The van der Waals surface area contributed by atoms with Crippen molar-refractivity contribution in [2.24, 2.45) is 0 Å². The average molecular weight is 332 g/mol. The lowest BCUT2D eigenvalue weighted by atomic mass is 10.1. The maximum Gasteiger partial charge on any atom is 0.167 e. The van der Waals surface area contributed by atoms with Crippen LogP contribution >= 0.6 is 0 Å². The van der Waals surface area contributed by atoms with E-state index in [1.54, 1.807) is 12.1 Å². The Morgan fingerprint density at radius 1 is 1.04 bits per heavy atom. The summed E-state index contributed by atoms with van der Waals surface area (Å²) in [4.78, 5) is 0. The summed E-state index contributed by atoms with van der Waals surface area (Å²) in [5.41, 5.74) is 3.16. The predicted octanol–water partition coefficient (Wildman–Crippen LogP) is 5.45. The molecule has 0 radical (unpaired) electrons. The van der Waals surface area contributed by atoms with Crippen LogP contribution in [0.15, 0.2) is 59.1 Å². The van der Waals surface area contributed by atoms with Gasteiger partial charge in [0.25, 0.3) is 0 Å². The Morgan fingerprint density at radius 3 is 2.64 bits per heavy atom. The molecule has 4 nitrogen and oxygen atoms in total. The number of unbranched alkanes of at least 4 members (excludes halogenated alkanes) is 2. The van der Waals surface area contributed by atoms with Crippen LogP contribution in [0.5, 0.6) is 5.75 Å². The minimum atomic E-state index is 0.597. The van der Waals surface area contributed by atoms with Gasteiger partial charge in [0, 0.05) is 17.2 Å². The highest BCUT2D eigenvalue weighted by Crippen LogP contribution is 2.27. The van der Waals surface area contributed by atoms with E-state index < -0.39 is 0 Å². The van der Waals surface area contributed by atoms with Crippen LogP contribution in [0.3, 0.4) is 0 Å². The van der Waals surface area contributed by atoms with E-state index in [0.29, 0.717) is 11.3 Å². The van der Waals surface area contributed by atoms with Crippen molar-refractivity contribution in [3.63, 3.8) is 0 Å². The Morgan fingerprint density at radius 2 is 1.88 bits per heavy atom. The first-order chi connectivity index (χ1) is 12.3. The van der Waals surface area contributed by atoms with Gasteiger partial charge in [-0.1, -0.05) is 37.1 Å². The van der Waals surface area contributed by atoms with Gasteiger partial charge in [0.05, 0.1) is 18.2 Å². The fraction of sp³-hybridized carbons (Fsp3) is 0.238. The summed E-state index contributed by atoms with van der Waals surface area (Å²) >= 11 is 0. The number of ether oxygens (including phenoxy) is 1. The summed E-state index contributed by atoms with van der Waals surface area (Å²) in [6.07, 6.45) is 3.45. The molecule has 0 unspecified atom stereocenters. The topological polar surface area (TPSA) is 59.0 Å². The molecule has 0 aliphatic carbocycles. The van der Waals surface area contributed by atoms with E-state index in [-0.39, 0.29) is 0 Å². The molecule has 1 aromatic heterocycles. The highest BCUT2D eigenvalue weighted by Gasteiger charge is 2.09. The molecule has 4 heteroatoms. The zero-order valence-electron chi connectivity index (χ0n) is 14.2. The van der Waals surface area contributed by atoms with E-state index >= 15 is 0 Å². The summed E-state index contributed by atoms with van der Waals surface area (Å²) in [5.74, 6) is 1.51. The Labute approximate surface area is 147 Å². The summed E-state index contributed by atoms with van der Waals surface area (Å²) in [6, 6.07) is 19.2. The molecule has 3 aromatic rings. The zero-order chi connectivity index (χ0) is 17.5. The average Bonchev–Trinajstić information content (AvgIpc) is 3.16. The number of hydrogen-bond acceptors (Lipinski definition) is 4. The van der Waals surface area contributed by atoms with Crippen LogP contribution in [0.1, 0.15) is 31.7 Å². The van der Waals surface area contributed by atoms with Gasteiger partial charge in [-0.3, -0.25) is 0 Å². The van der Waals surface area contributed by atoms with Gasteiger partial charge in [-0.05, 0) is 42.8 Å². The molecule has 0 amide bonds. The number of nitrogens with zero attached hydrogens (tertiary/aromatic N) is 2. The van der Waals surface area contributed by atoms with Crippen LogP contribution in [0.25, 0.3) is 22.6 Å². The maximum absolute atomic E-state index is 9.00. The summed E-state index contributed by atoms with van der Waals surface area (Å²) in [7, 11) is 0. The lowest BCUT2D eigenvalue weighted by Crippen LogP contribution is -1.96. The third-order valence-electron chi connectivity index (χ3n) is 3.95. The third-order valence-corrected chi connectivity index (χ3v) is 3.95. The van der Waals surface area contributed by atoms with Crippen LogP contribution in [-0.4, -0.2) is 11.8 Å². The lowest BCUT2D eigenvalue weighted by molar-refractivity contribution is 0.306. The third kappa shape index (κ3) is 4.27. The molecule has 2 aromatic carbocycles. The highest BCUT2D eigenvalue weighted by atomic mass is 16.5. The van der Waals surface area contributed by atoms with Crippen LogP contribution in [0.2, 0.25) is 0 Å². The number of benzene rings is 2. The highest BCUT2D eigenvalue weighted by molar-refractivity contribution is 5.67. The Kier molecular flexibility index (Phi) is 5.48. The van der Waals surface area contributed by atoms with Gasteiger partial charge < -0.3 is 9.26 Å². The van der Waals surface area contributed by atoms with Crippen LogP contribution in [0.4, 0.5) is 0 Å². The van der Waals surface area contributed by atoms with Gasteiger partial charge >= 0.3 is 0 Å². The molecule has 3 rings (SSSR count). The smallest absolute Gasteiger partial charge is 0.167 e. The van der Waals surface area contributed by atoms with E-state index in [1.165, 1.54) is 12.8 Å². The molecule has 0 spiro atoms. The molecule has 0 aliphatic heterocycles. The standard InChI is InChI=1S/C21H20N2O2/c1-2-3-4-12-24-19-10-8-17(9-11-19)20-14-21(25-23-20)18-7-5-6-16(13-18)15-22/h5-11,13-14H,2-4,12H2,1H3. The predicted molar refractivity (Wildman–Crippen MR) is 97.1 cm³/mol. The molecule has 0 fully saturated rings. The summed E-state index contributed by atoms with van der Waals surface area (Å²) < 4.78 is 11.2. The SMILES string of the molecule is CCCCCOc1ccc(-c2cc(-c3cccc(C#N)c3)on2)cc1. The maximum atomic E-state index is 9.00. The second-order valence-corrected chi connectivity index (χ2v) is 5.85. The molecule has 1 heterocycles. The lowest BCUT2D eigenvalue weighted by Gasteiger charge is -2.05. The number of nitriles is 1. The van der Waals surface area contributed by atoms with E-state index in [0.717, 1.165) is 35.6 Å². The monoisotopic (exact) mass is 332 g/mol. The van der Waals surface area contributed by atoms with Crippen molar-refractivity contribution < 1.29 is 9.26 Å². The first kappa shape index (κ1) is 16.8. The molecular weight excluding hydrogens is 312 g/mol. The van der Waals surface area contributed by atoms with E-state index in [2.05, 4.69) is 18.1 Å². The van der Waals surface area contributed by atoms with Crippen molar-refractivity contribution in [2.45, 2.75) is 26.2 Å². The zero-order valence-corrected chi connectivity index (χ0v) is 14.2. The Balaban J connectivity index is 1.70. The minimum Gasteiger partial charge on any atom is -0.494 e. The van der Waals surface area contributed by atoms with Gasteiger partial charge in [-0.2, -0.15) is 5.26 Å². The van der Waals surface area contributed by atoms with Gasteiger partial charge in [0.15, 0.2) is 5.76 Å². The van der Waals surface area contributed by atoms with Gasteiger partial charge in [0.2, 0.25) is 0 Å². The van der Waals surface area contributed by atoms with Crippen molar-refractivity contribution in [2.75, 3.05) is 6.61 Å². The van der Waals surface area contributed by atoms with E-state index in [4.69, 9.17) is 14.5 Å². The van der Waals surface area contributed by atoms with Crippen LogP contribution in [0, 0.1) is 11.3 Å². The second-order valence-electron chi connectivity index (χ2n) is 5.85. The van der Waals surface area contributed by atoms with Gasteiger partial charge in [0.1, 0.15) is 11.4 Å². The van der Waals surface area contributed by atoms with Crippen molar-refractivity contribution >= 4 is 0 Å². The normalized spacial score (nSPS) is 10.4. The Hall–Kier alpha value is -3.06. The number of hydrogen-bond donors (Lipinski definition) is 0. The van der Waals surface area contributed by atoms with Crippen molar-refractivity contribution in [3.05, 3.63) is 60.2 Å². The first-order valence-electron chi connectivity index (χ1n) is 8.50. The molecule has 0 N–H and O–H groups in total.